The summed E-state index contributed by atoms with van der Waals surface area (Å²) in [6.07, 6.45) is 4.30. The molecule has 2 aromatic carbocycles. The molecule has 0 aliphatic heterocycles. The first kappa shape index (κ1) is 17.7. The van der Waals surface area contributed by atoms with Crippen LogP contribution in [0.25, 0.3) is 22.4 Å². The first-order valence-electron chi connectivity index (χ1n) is 9.10. The Labute approximate surface area is 163 Å². The Kier molecular flexibility index (Phi) is 4.72. The highest BCUT2D eigenvalue weighted by atomic mass is 15.1. The Balaban J connectivity index is 1.77. The fraction of sp³-hybridized carbons (Fsp3) is 0.0870. The molecule has 0 fully saturated rings. The quantitative estimate of drug-likeness (QED) is 0.362. The molecule has 0 saturated carbocycles. The summed E-state index contributed by atoms with van der Waals surface area (Å²) in [6.45, 7) is 2.08. The molecule has 0 atom stereocenters. The third-order valence-electron chi connectivity index (χ3n) is 4.78. The van der Waals surface area contributed by atoms with Crippen molar-refractivity contribution in [1.82, 2.24) is 15.2 Å². The minimum atomic E-state index is 0.0761. The number of benzene rings is 2. The van der Waals surface area contributed by atoms with E-state index < -0.39 is 0 Å². The molecule has 0 aliphatic carbocycles. The zero-order chi connectivity index (χ0) is 19.5. The predicted octanol–water partition coefficient (Wildman–Crippen LogP) is 4.32. The van der Waals surface area contributed by atoms with Crippen LogP contribution in [0.1, 0.15) is 22.4 Å². The van der Waals surface area contributed by atoms with Gasteiger partial charge in [-0.2, -0.15) is 5.10 Å². The lowest BCUT2D eigenvalue weighted by molar-refractivity contribution is 0.999. The number of nitrogens with zero attached hydrogens (tertiary/aromatic N) is 2. The van der Waals surface area contributed by atoms with E-state index in [9.17, 15) is 0 Å². The zero-order valence-electron chi connectivity index (χ0n) is 15.6. The van der Waals surface area contributed by atoms with Crippen molar-refractivity contribution in [3.63, 3.8) is 0 Å². The molecule has 0 spiro atoms. The van der Waals surface area contributed by atoms with Crippen molar-refractivity contribution in [2.75, 3.05) is 0 Å². The average Bonchev–Trinajstić information content (AvgIpc) is 3.13. The van der Waals surface area contributed by atoms with Crippen LogP contribution in [0.15, 0.2) is 73.1 Å². The summed E-state index contributed by atoms with van der Waals surface area (Å²) < 4.78 is 0. The van der Waals surface area contributed by atoms with Crippen molar-refractivity contribution in [2.45, 2.75) is 13.3 Å². The highest BCUT2D eigenvalue weighted by molar-refractivity contribution is 5.94. The Bertz CT molecular complexity index is 1090. The molecule has 138 valence electrons. The third kappa shape index (κ3) is 3.55. The lowest BCUT2D eigenvalue weighted by atomic mass is 9.96. The zero-order valence-corrected chi connectivity index (χ0v) is 15.6. The lowest BCUT2D eigenvalue weighted by Gasteiger charge is -2.08. The van der Waals surface area contributed by atoms with Crippen molar-refractivity contribution in [1.29, 1.82) is 5.41 Å². The van der Waals surface area contributed by atoms with Crippen molar-refractivity contribution in [2.24, 2.45) is 5.73 Å². The number of nitrogens with one attached hydrogen (secondary N) is 2. The van der Waals surface area contributed by atoms with Gasteiger partial charge in [0.1, 0.15) is 11.5 Å². The molecule has 5 nitrogen and oxygen atoms in total. The monoisotopic (exact) mass is 367 g/mol. The molecule has 0 bridgehead atoms. The molecule has 0 radical (unpaired) electrons. The lowest BCUT2D eigenvalue weighted by Crippen LogP contribution is -2.10. The van der Waals surface area contributed by atoms with Gasteiger partial charge in [-0.05, 0) is 30.2 Å². The molecule has 0 aliphatic rings. The molecule has 2 aromatic heterocycles. The van der Waals surface area contributed by atoms with Gasteiger partial charge >= 0.3 is 0 Å². The second-order valence-electron chi connectivity index (χ2n) is 6.82. The Morgan fingerprint density at radius 1 is 0.929 bits per heavy atom. The van der Waals surface area contributed by atoms with Gasteiger partial charge in [0, 0.05) is 41.2 Å². The molecule has 4 N–H and O–H groups in total. The van der Waals surface area contributed by atoms with Crippen LogP contribution >= 0.6 is 0 Å². The third-order valence-corrected chi connectivity index (χ3v) is 4.78. The second kappa shape index (κ2) is 7.48. The van der Waals surface area contributed by atoms with Gasteiger partial charge in [0.2, 0.25) is 0 Å². The molecule has 5 heteroatoms. The van der Waals surface area contributed by atoms with E-state index in [4.69, 9.17) is 11.1 Å². The van der Waals surface area contributed by atoms with E-state index in [1.165, 1.54) is 5.56 Å². The Hall–Kier alpha value is -3.73. The van der Waals surface area contributed by atoms with E-state index in [-0.39, 0.29) is 5.84 Å². The average molecular weight is 367 g/mol. The summed E-state index contributed by atoms with van der Waals surface area (Å²) in [5.41, 5.74) is 13.8. The van der Waals surface area contributed by atoms with E-state index >= 15 is 0 Å². The standard InChI is InChI=1S/C23H21N5/c1-15-2-6-18(7-3-15)22-21(17-10-12-26-13-11-17)20(27-28-22)14-16-4-8-19(9-5-16)23(24)25/h2-13H,14H2,1H3,(H3,24,25)(H,27,28). The number of nitrogen functional groups attached to an aromatic ring is 1. The fourth-order valence-corrected chi connectivity index (χ4v) is 3.26. The van der Waals surface area contributed by atoms with Crippen LogP contribution in [0, 0.1) is 12.3 Å². The largest absolute Gasteiger partial charge is 0.384 e. The molecular weight excluding hydrogens is 346 g/mol. The number of aryl methyl sites for hydroxylation is 1. The maximum Gasteiger partial charge on any atom is 0.122 e. The van der Waals surface area contributed by atoms with Crippen LogP contribution in [0.5, 0.6) is 0 Å². The predicted molar refractivity (Wildman–Crippen MR) is 112 cm³/mol. The van der Waals surface area contributed by atoms with E-state index in [1.54, 1.807) is 12.4 Å². The van der Waals surface area contributed by atoms with Crippen molar-refractivity contribution < 1.29 is 0 Å². The first-order valence-corrected chi connectivity index (χ1v) is 9.10. The summed E-state index contributed by atoms with van der Waals surface area (Å²) in [7, 11) is 0. The Morgan fingerprint density at radius 3 is 2.25 bits per heavy atom. The summed E-state index contributed by atoms with van der Waals surface area (Å²) in [6, 6.07) is 20.2. The van der Waals surface area contributed by atoms with E-state index in [2.05, 4.69) is 46.4 Å². The smallest absolute Gasteiger partial charge is 0.122 e. The normalized spacial score (nSPS) is 10.8. The molecule has 28 heavy (non-hydrogen) atoms. The van der Waals surface area contributed by atoms with Crippen molar-refractivity contribution >= 4 is 5.84 Å². The van der Waals surface area contributed by atoms with Crippen LogP contribution in [0.3, 0.4) is 0 Å². The van der Waals surface area contributed by atoms with Gasteiger partial charge in [-0.1, -0.05) is 54.1 Å². The van der Waals surface area contributed by atoms with E-state index in [1.807, 2.05) is 36.4 Å². The molecule has 2 heterocycles. The molecule has 4 aromatic rings. The molecule has 0 saturated heterocycles. The van der Waals surface area contributed by atoms with Gasteiger partial charge < -0.3 is 5.73 Å². The number of pyridine rings is 1. The minimum Gasteiger partial charge on any atom is -0.384 e. The van der Waals surface area contributed by atoms with Gasteiger partial charge in [-0.3, -0.25) is 15.5 Å². The van der Waals surface area contributed by atoms with E-state index in [0.29, 0.717) is 6.42 Å². The van der Waals surface area contributed by atoms with Gasteiger partial charge in [0.25, 0.3) is 0 Å². The van der Waals surface area contributed by atoms with Gasteiger partial charge in [0.05, 0.1) is 0 Å². The minimum absolute atomic E-state index is 0.0761. The number of rotatable bonds is 5. The van der Waals surface area contributed by atoms with Crippen LogP contribution in [0.2, 0.25) is 0 Å². The van der Waals surface area contributed by atoms with Crippen molar-refractivity contribution in [3.8, 4) is 22.4 Å². The SMILES string of the molecule is Cc1ccc(-c2n[nH]c(Cc3ccc(C(=N)N)cc3)c2-c2ccncc2)cc1. The van der Waals surface area contributed by atoms with Gasteiger partial charge in [0.15, 0.2) is 0 Å². The van der Waals surface area contributed by atoms with Crippen LogP contribution in [-0.4, -0.2) is 21.0 Å². The fourth-order valence-electron chi connectivity index (χ4n) is 3.26. The highest BCUT2D eigenvalue weighted by Gasteiger charge is 2.17. The summed E-state index contributed by atoms with van der Waals surface area (Å²) in [5, 5.41) is 15.4. The number of hydrogen-bond donors (Lipinski definition) is 3. The van der Waals surface area contributed by atoms with E-state index in [0.717, 1.165) is 39.2 Å². The highest BCUT2D eigenvalue weighted by Crippen LogP contribution is 2.34. The van der Waals surface area contributed by atoms with Crippen LogP contribution in [-0.2, 0) is 6.42 Å². The topological polar surface area (TPSA) is 91.4 Å². The van der Waals surface area contributed by atoms with Crippen LogP contribution in [0.4, 0.5) is 0 Å². The number of aromatic amines is 1. The van der Waals surface area contributed by atoms with Gasteiger partial charge in [-0.15, -0.1) is 0 Å². The van der Waals surface area contributed by atoms with Crippen molar-refractivity contribution in [3.05, 3.63) is 95.4 Å². The molecule has 0 unspecified atom stereocenters. The maximum atomic E-state index is 7.54. The summed E-state index contributed by atoms with van der Waals surface area (Å²) in [4.78, 5) is 4.15. The number of aromatic nitrogens is 3. The second-order valence-corrected chi connectivity index (χ2v) is 6.82. The Morgan fingerprint density at radius 2 is 1.61 bits per heavy atom. The summed E-state index contributed by atoms with van der Waals surface area (Å²) in [5.74, 6) is 0.0761. The number of hydrogen-bond acceptors (Lipinski definition) is 3. The van der Waals surface area contributed by atoms with Crippen LogP contribution < -0.4 is 5.73 Å². The number of nitrogens with two attached hydrogens (primary N) is 1. The first-order chi connectivity index (χ1) is 13.6. The number of amidine groups is 1. The molecular formula is C23H21N5. The molecule has 4 rings (SSSR count). The summed E-state index contributed by atoms with van der Waals surface area (Å²) >= 11 is 0. The number of H-pyrrole nitrogens is 1. The maximum absolute atomic E-state index is 7.54. The van der Waals surface area contributed by atoms with Gasteiger partial charge in [-0.25, -0.2) is 0 Å². The molecule has 0 amide bonds.